The molecule has 112 valence electrons. The summed E-state index contributed by atoms with van der Waals surface area (Å²) in [4.78, 5) is 0. The van der Waals surface area contributed by atoms with Gasteiger partial charge >= 0.3 is 0 Å². The van der Waals surface area contributed by atoms with Crippen molar-refractivity contribution in [1.82, 2.24) is 5.32 Å². The number of ether oxygens (including phenoxy) is 2. The second-order valence-corrected chi connectivity index (χ2v) is 7.19. The Kier molecular flexibility index (Phi) is 4.88. The van der Waals surface area contributed by atoms with Crippen LogP contribution in [0.3, 0.4) is 0 Å². The quantitative estimate of drug-likeness (QED) is 0.893. The van der Waals surface area contributed by atoms with Crippen molar-refractivity contribution in [2.45, 2.75) is 19.4 Å². The molecule has 0 radical (unpaired) electrons. The van der Waals surface area contributed by atoms with Crippen LogP contribution in [0.1, 0.15) is 24.9 Å². The topological polar surface area (TPSA) is 64.6 Å². The van der Waals surface area contributed by atoms with Gasteiger partial charge in [-0.1, -0.05) is 13.0 Å². The molecule has 1 atom stereocenters. The molecule has 2 rings (SSSR count). The van der Waals surface area contributed by atoms with Gasteiger partial charge in [0.15, 0.2) is 21.3 Å². The molecule has 0 saturated carbocycles. The summed E-state index contributed by atoms with van der Waals surface area (Å²) in [6.45, 7) is 2.93. The lowest BCUT2D eigenvalue weighted by Crippen LogP contribution is -2.26. The number of sulfone groups is 1. The van der Waals surface area contributed by atoms with Gasteiger partial charge in [0.05, 0.1) is 19.0 Å². The standard InChI is InChI=1S/C14H21NO4S/c1-3-20(16,17)10-12(15-2)11-5-6-13-14(9-11)19-8-4-7-18-13/h5-6,9,12,15H,3-4,7-8,10H2,1-2H3. The zero-order chi connectivity index (χ0) is 14.6. The van der Waals surface area contributed by atoms with Gasteiger partial charge < -0.3 is 14.8 Å². The summed E-state index contributed by atoms with van der Waals surface area (Å²) in [6, 6.07) is 5.36. The number of benzene rings is 1. The summed E-state index contributed by atoms with van der Waals surface area (Å²) in [6.07, 6.45) is 0.851. The van der Waals surface area contributed by atoms with Gasteiger partial charge in [-0.05, 0) is 24.7 Å². The van der Waals surface area contributed by atoms with E-state index in [-0.39, 0.29) is 17.5 Å². The Balaban J connectivity index is 2.24. The van der Waals surface area contributed by atoms with Crippen LogP contribution in [0.2, 0.25) is 0 Å². The molecule has 1 heterocycles. The van der Waals surface area contributed by atoms with E-state index in [1.807, 2.05) is 18.2 Å². The first-order chi connectivity index (χ1) is 9.55. The minimum atomic E-state index is -3.04. The predicted molar refractivity (Wildman–Crippen MR) is 78.2 cm³/mol. The summed E-state index contributed by atoms with van der Waals surface area (Å²) < 4.78 is 34.8. The van der Waals surface area contributed by atoms with Crippen LogP contribution >= 0.6 is 0 Å². The van der Waals surface area contributed by atoms with Crippen LogP contribution in [0, 0.1) is 0 Å². The lowest BCUT2D eigenvalue weighted by molar-refractivity contribution is 0.297. The van der Waals surface area contributed by atoms with Crippen LogP contribution < -0.4 is 14.8 Å². The normalized spacial score (nSPS) is 16.5. The third-order valence-corrected chi connectivity index (χ3v) is 5.10. The highest BCUT2D eigenvalue weighted by Crippen LogP contribution is 2.32. The highest BCUT2D eigenvalue weighted by Gasteiger charge is 2.20. The maximum Gasteiger partial charge on any atom is 0.161 e. The largest absolute Gasteiger partial charge is 0.490 e. The Labute approximate surface area is 120 Å². The van der Waals surface area contributed by atoms with Gasteiger partial charge in [0.25, 0.3) is 0 Å². The van der Waals surface area contributed by atoms with Crippen molar-refractivity contribution < 1.29 is 17.9 Å². The molecule has 1 aromatic rings. The van der Waals surface area contributed by atoms with Crippen molar-refractivity contribution in [1.29, 1.82) is 0 Å². The summed E-state index contributed by atoms with van der Waals surface area (Å²) >= 11 is 0. The lowest BCUT2D eigenvalue weighted by Gasteiger charge is -2.18. The Morgan fingerprint density at radius 2 is 1.95 bits per heavy atom. The van der Waals surface area contributed by atoms with Crippen molar-refractivity contribution in [2.24, 2.45) is 0 Å². The number of hydrogen-bond donors (Lipinski definition) is 1. The summed E-state index contributed by atoms with van der Waals surface area (Å²) in [5, 5.41) is 3.06. The zero-order valence-electron chi connectivity index (χ0n) is 11.9. The third kappa shape index (κ3) is 3.64. The molecule has 1 unspecified atom stereocenters. The Bertz CT molecular complexity index is 556. The van der Waals surface area contributed by atoms with Crippen LogP contribution in [-0.4, -0.2) is 40.2 Å². The summed E-state index contributed by atoms with van der Waals surface area (Å²) in [5.41, 5.74) is 0.897. The molecule has 1 N–H and O–H groups in total. The molecular weight excluding hydrogens is 278 g/mol. The van der Waals surface area contributed by atoms with E-state index in [0.29, 0.717) is 19.0 Å². The zero-order valence-corrected chi connectivity index (χ0v) is 12.7. The molecule has 0 aliphatic carbocycles. The van der Waals surface area contributed by atoms with Gasteiger partial charge in [-0.15, -0.1) is 0 Å². The second-order valence-electron chi connectivity index (χ2n) is 4.80. The van der Waals surface area contributed by atoms with Crippen LogP contribution in [0.4, 0.5) is 0 Å². The third-order valence-electron chi connectivity index (χ3n) is 3.38. The molecule has 5 nitrogen and oxygen atoms in total. The van der Waals surface area contributed by atoms with Crippen LogP contribution in [0.25, 0.3) is 0 Å². The van der Waals surface area contributed by atoms with Gasteiger partial charge in [-0.2, -0.15) is 0 Å². The van der Waals surface area contributed by atoms with Crippen molar-refractivity contribution in [3.05, 3.63) is 23.8 Å². The predicted octanol–water partition coefficient (Wildman–Crippen LogP) is 1.54. The first kappa shape index (κ1) is 15.1. The fraction of sp³-hybridized carbons (Fsp3) is 0.571. The van der Waals surface area contributed by atoms with E-state index in [9.17, 15) is 8.42 Å². The monoisotopic (exact) mass is 299 g/mol. The van der Waals surface area contributed by atoms with E-state index in [2.05, 4.69) is 5.32 Å². The summed E-state index contributed by atoms with van der Waals surface area (Å²) in [7, 11) is -1.28. The molecule has 0 aromatic heterocycles. The van der Waals surface area contributed by atoms with Crippen molar-refractivity contribution >= 4 is 9.84 Å². The molecule has 1 aliphatic rings. The first-order valence-corrected chi connectivity index (χ1v) is 8.65. The van der Waals surface area contributed by atoms with E-state index >= 15 is 0 Å². The SMILES string of the molecule is CCS(=O)(=O)CC(NC)c1ccc2c(c1)OCCCO2. The van der Waals surface area contributed by atoms with Gasteiger partial charge in [0.2, 0.25) is 0 Å². The summed E-state index contributed by atoms with van der Waals surface area (Å²) in [5.74, 6) is 1.64. The molecule has 1 aromatic carbocycles. The van der Waals surface area contributed by atoms with Gasteiger partial charge in [0, 0.05) is 18.2 Å². The van der Waals surface area contributed by atoms with E-state index < -0.39 is 9.84 Å². The molecule has 0 spiro atoms. The lowest BCUT2D eigenvalue weighted by atomic mass is 10.1. The van der Waals surface area contributed by atoms with Gasteiger partial charge in [-0.25, -0.2) is 8.42 Å². The number of rotatable bonds is 5. The van der Waals surface area contributed by atoms with E-state index in [0.717, 1.165) is 17.7 Å². The highest BCUT2D eigenvalue weighted by atomic mass is 32.2. The van der Waals surface area contributed by atoms with Gasteiger partial charge in [-0.3, -0.25) is 0 Å². The number of fused-ring (bicyclic) bond motifs is 1. The van der Waals surface area contributed by atoms with Crippen molar-refractivity contribution in [2.75, 3.05) is 31.8 Å². The Morgan fingerprint density at radius 3 is 2.60 bits per heavy atom. The van der Waals surface area contributed by atoms with Crippen LogP contribution in [0.5, 0.6) is 11.5 Å². The van der Waals surface area contributed by atoms with Crippen molar-refractivity contribution in [3.63, 3.8) is 0 Å². The molecule has 1 aliphatic heterocycles. The average Bonchev–Trinajstić information content (AvgIpc) is 2.69. The van der Waals surface area contributed by atoms with Crippen molar-refractivity contribution in [3.8, 4) is 11.5 Å². The molecule has 0 bridgehead atoms. The fourth-order valence-corrected chi connectivity index (χ4v) is 3.22. The minimum absolute atomic E-state index is 0.0830. The smallest absolute Gasteiger partial charge is 0.161 e. The average molecular weight is 299 g/mol. The molecule has 0 saturated heterocycles. The minimum Gasteiger partial charge on any atom is -0.490 e. The van der Waals surface area contributed by atoms with Crippen LogP contribution in [0.15, 0.2) is 18.2 Å². The van der Waals surface area contributed by atoms with Gasteiger partial charge in [0.1, 0.15) is 0 Å². The molecule has 6 heteroatoms. The first-order valence-electron chi connectivity index (χ1n) is 6.83. The maximum absolute atomic E-state index is 11.8. The molecule has 0 amide bonds. The molecular formula is C14H21NO4S. The fourth-order valence-electron chi connectivity index (χ4n) is 2.11. The molecule has 20 heavy (non-hydrogen) atoms. The number of hydrogen-bond acceptors (Lipinski definition) is 5. The maximum atomic E-state index is 11.8. The van der Waals surface area contributed by atoms with Crippen LogP contribution in [-0.2, 0) is 9.84 Å². The number of nitrogens with one attached hydrogen (secondary N) is 1. The highest BCUT2D eigenvalue weighted by molar-refractivity contribution is 7.91. The van der Waals surface area contributed by atoms with E-state index in [4.69, 9.17) is 9.47 Å². The molecule has 0 fully saturated rings. The Morgan fingerprint density at radius 1 is 1.25 bits per heavy atom. The van der Waals surface area contributed by atoms with E-state index in [1.54, 1.807) is 14.0 Å². The second kappa shape index (κ2) is 6.45. The van der Waals surface area contributed by atoms with E-state index in [1.165, 1.54) is 0 Å². The Hall–Kier alpha value is -1.27.